The zero-order valence-electron chi connectivity index (χ0n) is 8.32. The van der Waals surface area contributed by atoms with Crippen LogP contribution in [-0.2, 0) is 9.53 Å². The maximum atomic E-state index is 10.8. The maximum absolute atomic E-state index is 10.8. The molecule has 0 bridgehead atoms. The standard InChI is InChI=1S/C10H17NO2/c1-9-4-3-6-11(8-9)7-5-10(12)13-2/h5,7,9H,3-4,6,8H2,1-2H3/b7-5+. The van der Waals surface area contributed by atoms with Gasteiger partial charge in [0.15, 0.2) is 0 Å². The average molecular weight is 183 g/mol. The number of hydrogen-bond donors (Lipinski definition) is 0. The van der Waals surface area contributed by atoms with Crippen LogP contribution >= 0.6 is 0 Å². The van der Waals surface area contributed by atoms with Crippen molar-refractivity contribution >= 4 is 5.97 Å². The molecule has 1 heterocycles. The fourth-order valence-corrected chi connectivity index (χ4v) is 1.60. The summed E-state index contributed by atoms with van der Waals surface area (Å²) in [4.78, 5) is 13.0. The van der Waals surface area contributed by atoms with Gasteiger partial charge in [-0.3, -0.25) is 0 Å². The molecule has 0 aromatic rings. The molecule has 0 radical (unpaired) electrons. The largest absolute Gasteiger partial charge is 0.466 e. The van der Waals surface area contributed by atoms with Crippen LogP contribution in [0, 0.1) is 5.92 Å². The van der Waals surface area contributed by atoms with E-state index < -0.39 is 0 Å². The van der Waals surface area contributed by atoms with Crippen molar-refractivity contribution in [1.29, 1.82) is 0 Å². The van der Waals surface area contributed by atoms with Crippen LogP contribution in [0.4, 0.5) is 0 Å². The van der Waals surface area contributed by atoms with Gasteiger partial charge in [-0.15, -0.1) is 0 Å². The van der Waals surface area contributed by atoms with Crippen molar-refractivity contribution in [2.45, 2.75) is 19.8 Å². The molecular formula is C10H17NO2. The quantitative estimate of drug-likeness (QED) is 0.479. The Hall–Kier alpha value is -0.990. The molecule has 1 aliphatic heterocycles. The summed E-state index contributed by atoms with van der Waals surface area (Å²) in [5, 5.41) is 0. The van der Waals surface area contributed by atoms with Crippen molar-refractivity contribution in [2.24, 2.45) is 5.92 Å². The van der Waals surface area contributed by atoms with Gasteiger partial charge in [0, 0.05) is 25.4 Å². The number of methoxy groups -OCH3 is 1. The van der Waals surface area contributed by atoms with E-state index in [1.807, 2.05) is 6.20 Å². The van der Waals surface area contributed by atoms with Crippen LogP contribution in [0.25, 0.3) is 0 Å². The van der Waals surface area contributed by atoms with Crippen LogP contribution in [0.1, 0.15) is 19.8 Å². The van der Waals surface area contributed by atoms with E-state index in [0.29, 0.717) is 0 Å². The third-order valence-corrected chi connectivity index (χ3v) is 2.31. The van der Waals surface area contributed by atoms with Gasteiger partial charge in [-0.05, 0) is 18.8 Å². The molecule has 1 aliphatic rings. The Morgan fingerprint density at radius 2 is 2.38 bits per heavy atom. The zero-order chi connectivity index (χ0) is 9.68. The number of ether oxygens (including phenoxy) is 1. The van der Waals surface area contributed by atoms with Crippen molar-refractivity contribution in [3.05, 3.63) is 12.3 Å². The van der Waals surface area contributed by atoms with Crippen LogP contribution in [0.2, 0.25) is 0 Å². The Bertz CT molecular complexity index is 201. The SMILES string of the molecule is COC(=O)/C=C/N1CCCC(C)C1. The molecule has 0 aliphatic carbocycles. The smallest absolute Gasteiger partial charge is 0.331 e. The third kappa shape index (κ3) is 3.49. The van der Waals surface area contributed by atoms with Gasteiger partial charge in [0.2, 0.25) is 0 Å². The first-order valence-electron chi connectivity index (χ1n) is 4.72. The minimum absolute atomic E-state index is 0.279. The molecule has 1 atom stereocenters. The normalized spacial score (nSPS) is 23.5. The van der Waals surface area contributed by atoms with Crippen LogP contribution in [0.15, 0.2) is 12.3 Å². The summed E-state index contributed by atoms with van der Waals surface area (Å²) in [6.07, 6.45) is 5.83. The van der Waals surface area contributed by atoms with Crippen molar-refractivity contribution in [3.63, 3.8) is 0 Å². The molecule has 0 aromatic heterocycles. The van der Waals surface area contributed by atoms with E-state index in [1.165, 1.54) is 26.0 Å². The van der Waals surface area contributed by atoms with Gasteiger partial charge in [-0.25, -0.2) is 4.79 Å². The lowest BCUT2D eigenvalue weighted by Gasteiger charge is -2.29. The molecule has 1 fully saturated rings. The first-order chi connectivity index (χ1) is 6.22. The molecule has 0 aromatic carbocycles. The van der Waals surface area contributed by atoms with E-state index in [2.05, 4.69) is 16.6 Å². The number of esters is 1. The fourth-order valence-electron chi connectivity index (χ4n) is 1.60. The van der Waals surface area contributed by atoms with Crippen molar-refractivity contribution < 1.29 is 9.53 Å². The predicted molar refractivity (Wildman–Crippen MR) is 51.1 cm³/mol. The number of carbonyl (C=O) groups excluding carboxylic acids is 1. The predicted octanol–water partition coefficient (Wildman–Crippen LogP) is 1.41. The molecule has 1 saturated heterocycles. The lowest BCUT2D eigenvalue weighted by Crippen LogP contribution is -2.30. The van der Waals surface area contributed by atoms with Gasteiger partial charge in [0.1, 0.15) is 0 Å². The second-order valence-corrected chi connectivity index (χ2v) is 3.58. The van der Waals surface area contributed by atoms with Crippen molar-refractivity contribution in [3.8, 4) is 0 Å². The fraction of sp³-hybridized carbons (Fsp3) is 0.700. The summed E-state index contributed by atoms with van der Waals surface area (Å²) in [7, 11) is 1.39. The highest BCUT2D eigenvalue weighted by molar-refractivity contribution is 5.81. The van der Waals surface area contributed by atoms with E-state index in [0.717, 1.165) is 19.0 Å². The Balaban J connectivity index is 2.35. The highest BCUT2D eigenvalue weighted by Crippen LogP contribution is 2.15. The number of rotatable bonds is 2. The molecule has 0 spiro atoms. The summed E-state index contributed by atoms with van der Waals surface area (Å²) in [5.41, 5.74) is 0. The average Bonchev–Trinajstić information content (AvgIpc) is 2.14. The van der Waals surface area contributed by atoms with Crippen LogP contribution in [0.3, 0.4) is 0 Å². The van der Waals surface area contributed by atoms with Gasteiger partial charge < -0.3 is 9.64 Å². The molecular weight excluding hydrogens is 166 g/mol. The Labute approximate surface area is 79.4 Å². The summed E-state index contributed by atoms with van der Waals surface area (Å²) >= 11 is 0. The Kier molecular flexibility index (Phi) is 3.80. The van der Waals surface area contributed by atoms with E-state index in [4.69, 9.17) is 0 Å². The molecule has 0 saturated carbocycles. The Morgan fingerprint density at radius 3 is 3.00 bits per heavy atom. The maximum Gasteiger partial charge on any atom is 0.331 e. The van der Waals surface area contributed by atoms with Crippen molar-refractivity contribution in [2.75, 3.05) is 20.2 Å². The minimum atomic E-state index is -0.279. The molecule has 3 nitrogen and oxygen atoms in total. The van der Waals surface area contributed by atoms with E-state index in [-0.39, 0.29) is 5.97 Å². The highest BCUT2D eigenvalue weighted by Gasteiger charge is 2.12. The van der Waals surface area contributed by atoms with Gasteiger partial charge in [0.25, 0.3) is 0 Å². The van der Waals surface area contributed by atoms with Crippen LogP contribution in [0.5, 0.6) is 0 Å². The van der Waals surface area contributed by atoms with E-state index in [9.17, 15) is 4.79 Å². The topological polar surface area (TPSA) is 29.5 Å². The van der Waals surface area contributed by atoms with E-state index in [1.54, 1.807) is 0 Å². The first kappa shape index (κ1) is 10.1. The number of hydrogen-bond acceptors (Lipinski definition) is 3. The van der Waals surface area contributed by atoms with E-state index >= 15 is 0 Å². The molecule has 1 rings (SSSR count). The summed E-state index contributed by atoms with van der Waals surface area (Å²) in [6.45, 7) is 4.34. The van der Waals surface area contributed by atoms with Crippen LogP contribution < -0.4 is 0 Å². The van der Waals surface area contributed by atoms with Gasteiger partial charge in [0.05, 0.1) is 7.11 Å². The summed E-state index contributed by atoms with van der Waals surface area (Å²) < 4.78 is 4.52. The number of nitrogens with zero attached hydrogens (tertiary/aromatic N) is 1. The molecule has 1 unspecified atom stereocenters. The minimum Gasteiger partial charge on any atom is -0.466 e. The summed E-state index contributed by atoms with van der Waals surface area (Å²) in [6, 6.07) is 0. The molecule has 0 amide bonds. The first-order valence-corrected chi connectivity index (χ1v) is 4.72. The second-order valence-electron chi connectivity index (χ2n) is 3.58. The molecule has 3 heteroatoms. The highest BCUT2D eigenvalue weighted by atomic mass is 16.5. The second kappa shape index (κ2) is 4.90. The molecule has 13 heavy (non-hydrogen) atoms. The van der Waals surface area contributed by atoms with Crippen LogP contribution in [-0.4, -0.2) is 31.1 Å². The Morgan fingerprint density at radius 1 is 1.62 bits per heavy atom. The number of carbonyl (C=O) groups is 1. The number of piperidine rings is 1. The van der Waals surface area contributed by atoms with Crippen molar-refractivity contribution in [1.82, 2.24) is 4.90 Å². The van der Waals surface area contributed by atoms with Gasteiger partial charge in [-0.2, -0.15) is 0 Å². The zero-order valence-corrected chi connectivity index (χ0v) is 8.32. The molecule has 74 valence electrons. The summed E-state index contributed by atoms with van der Waals surface area (Å²) in [5.74, 6) is 0.453. The van der Waals surface area contributed by atoms with Gasteiger partial charge >= 0.3 is 5.97 Å². The monoisotopic (exact) mass is 183 g/mol. The third-order valence-electron chi connectivity index (χ3n) is 2.31. The lowest BCUT2D eigenvalue weighted by atomic mass is 10.0. The van der Waals surface area contributed by atoms with Gasteiger partial charge in [-0.1, -0.05) is 6.92 Å². The number of likely N-dealkylation sites (tertiary alicyclic amines) is 1. The molecule has 0 N–H and O–H groups in total. The lowest BCUT2D eigenvalue weighted by molar-refractivity contribution is -0.134.